The van der Waals surface area contributed by atoms with Crippen LogP contribution in [0.3, 0.4) is 0 Å². The number of hydrogen-bond donors (Lipinski definition) is 1. The molecule has 0 spiro atoms. The standard InChI is InChI=1S/C16H12BrClN2O2S/c17-11-3-1-10(2-4-11)14-15(16(14,20)9-19)23(21,22)13-7-5-12(18)6-8-13/h1-8,14-15H,20H2/t14-,15-,16+/m1/s1. The monoisotopic (exact) mass is 410 g/mol. The summed E-state index contributed by atoms with van der Waals surface area (Å²) in [6.45, 7) is 0. The van der Waals surface area contributed by atoms with E-state index in [2.05, 4.69) is 15.9 Å². The molecular formula is C16H12BrClN2O2S. The average molecular weight is 412 g/mol. The van der Waals surface area contributed by atoms with Crippen LogP contribution in [0.25, 0.3) is 0 Å². The normalized spacial score (nSPS) is 26.5. The van der Waals surface area contributed by atoms with E-state index in [0.29, 0.717) is 5.02 Å². The molecule has 0 amide bonds. The summed E-state index contributed by atoms with van der Waals surface area (Å²) in [6, 6.07) is 15.0. The predicted molar refractivity (Wildman–Crippen MR) is 91.8 cm³/mol. The zero-order chi connectivity index (χ0) is 16.8. The van der Waals surface area contributed by atoms with Gasteiger partial charge in [0.05, 0.1) is 11.0 Å². The molecule has 118 valence electrons. The Hall–Kier alpha value is -1.39. The third-order valence-electron chi connectivity index (χ3n) is 4.08. The van der Waals surface area contributed by atoms with Crippen molar-refractivity contribution in [2.75, 3.05) is 0 Å². The van der Waals surface area contributed by atoms with Gasteiger partial charge >= 0.3 is 0 Å². The number of rotatable bonds is 3. The zero-order valence-corrected chi connectivity index (χ0v) is 14.9. The molecule has 1 saturated carbocycles. The Morgan fingerprint density at radius 1 is 1.13 bits per heavy atom. The van der Waals surface area contributed by atoms with Gasteiger partial charge in [-0.15, -0.1) is 0 Å². The van der Waals surface area contributed by atoms with Crippen LogP contribution in [0, 0.1) is 11.3 Å². The minimum atomic E-state index is -3.73. The molecule has 4 nitrogen and oxygen atoms in total. The Bertz CT molecular complexity index is 891. The molecule has 0 aromatic heterocycles. The van der Waals surface area contributed by atoms with Gasteiger partial charge in [0.25, 0.3) is 0 Å². The molecule has 1 aliphatic carbocycles. The summed E-state index contributed by atoms with van der Waals surface area (Å²) in [6.07, 6.45) is 0. The molecule has 0 heterocycles. The summed E-state index contributed by atoms with van der Waals surface area (Å²) >= 11 is 9.13. The minimum absolute atomic E-state index is 0.122. The van der Waals surface area contributed by atoms with Gasteiger partial charge in [-0.05, 0) is 42.0 Å². The summed E-state index contributed by atoms with van der Waals surface area (Å²) in [5.74, 6) is -0.554. The maximum absolute atomic E-state index is 12.8. The topological polar surface area (TPSA) is 83.9 Å². The lowest BCUT2D eigenvalue weighted by atomic mass is 10.1. The van der Waals surface area contributed by atoms with Crippen LogP contribution >= 0.6 is 27.5 Å². The van der Waals surface area contributed by atoms with Crippen LogP contribution in [-0.4, -0.2) is 19.2 Å². The number of benzene rings is 2. The van der Waals surface area contributed by atoms with Crippen molar-refractivity contribution < 1.29 is 8.42 Å². The highest BCUT2D eigenvalue weighted by Gasteiger charge is 2.70. The molecule has 0 aliphatic heterocycles. The minimum Gasteiger partial charge on any atom is -0.312 e. The van der Waals surface area contributed by atoms with Gasteiger partial charge in [-0.3, -0.25) is 0 Å². The van der Waals surface area contributed by atoms with E-state index in [-0.39, 0.29) is 4.90 Å². The van der Waals surface area contributed by atoms with Gasteiger partial charge in [0, 0.05) is 15.4 Å². The van der Waals surface area contributed by atoms with Gasteiger partial charge in [-0.25, -0.2) is 8.42 Å². The second-order valence-electron chi connectivity index (χ2n) is 5.49. The molecule has 1 fully saturated rings. The quantitative estimate of drug-likeness (QED) is 0.840. The molecule has 0 unspecified atom stereocenters. The maximum Gasteiger partial charge on any atom is 0.184 e. The van der Waals surface area contributed by atoms with Crippen LogP contribution in [0.5, 0.6) is 0 Å². The van der Waals surface area contributed by atoms with Crippen LogP contribution < -0.4 is 5.73 Å². The summed E-state index contributed by atoms with van der Waals surface area (Å²) in [7, 11) is -3.73. The lowest BCUT2D eigenvalue weighted by Crippen LogP contribution is -2.29. The Labute approximate surface area is 147 Å². The highest BCUT2D eigenvalue weighted by Crippen LogP contribution is 2.55. The second-order valence-corrected chi connectivity index (χ2v) is 8.91. The lowest BCUT2D eigenvalue weighted by Gasteiger charge is -2.04. The van der Waals surface area contributed by atoms with Gasteiger partial charge in [-0.2, -0.15) is 5.26 Å². The van der Waals surface area contributed by atoms with Crippen LogP contribution in [0.15, 0.2) is 57.9 Å². The molecule has 2 aromatic rings. The first kappa shape index (κ1) is 16.5. The van der Waals surface area contributed by atoms with Gasteiger partial charge < -0.3 is 5.73 Å². The average Bonchev–Trinajstić information content (AvgIpc) is 3.16. The lowest BCUT2D eigenvalue weighted by molar-refractivity contribution is 0.592. The van der Waals surface area contributed by atoms with E-state index in [1.165, 1.54) is 24.3 Å². The largest absolute Gasteiger partial charge is 0.312 e. The van der Waals surface area contributed by atoms with Crippen molar-refractivity contribution in [2.24, 2.45) is 5.73 Å². The molecule has 23 heavy (non-hydrogen) atoms. The molecule has 3 atom stereocenters. The molecule has 2 aromatic carbocycles. The van der Waals surface area contributed by atoms with Gasteiger partial charge in [0.2, 0.25) is 0 Å². The van der Waals surface area contributed by atoms with E-state index < -0.39 is 26.5 Å². The van der Waals surface area contributed by atoms with Gasteiger partial charge in [0.1, 0.15) is 10.8 Å². The predicted octanol–water partition coefficient (Wildman–Crippen LogP) is 3.26. The summed E-state index contributed by atoms with van der Waals surface area (Å²) in [4.78, 5) is 0.122. The third-order valence-corrected chi connectivity index (χ3v) is 7.12. The Morgan fingerprint density at radius 2 is 1.70 bits per heavy atom. The van der Waals surface area contributed by atoms with Crippen molar-refractivity contribution in [1.82, 2.24) is 0 Å². The first-order valence-electron chi connectivity index (χ1n) is 6.76. The van der Waals surface area contributed by atoms with E-state index >= 15 is 0 Å². The fourth-order valence-electron chi connectivity index (χ4n) is 2.83. The number of nitrogens with zero attached hydrogens (tertiary/aromatic N) is 1. The smallest absolute Gasteiger partial charge is 0.184 e. The molecule has 1 aliphatic rings. The molecule has 0 bridgehead atoms. The van der Waals surface area contributed by atoms with E-state index in [4.69, 9.17) is 17.3 Å². The fourth-order valence-corrected chi connectivity index (χ4v) is 5.41. The molecule has 0 saturated heterocycles. The highest BCUT2D eigenvalue weighted by atomic mass is 79.9. The van der Waals surface area contributed by atoms with Crippen LogP contribution in [0.4, 0.5) is 0 Å². The number of nitrogens with two attached hydrogens (primary N) is 1. The maximum atomic E-state index is 12.8. The molecule has 2 N–H and O–H groups in total. The number of sulfone groups is 1. The molecule has 3 rings (SSSR count). The Morgan fingerprint density at radius 3 is 2.22 bits per heavy atom. The SMILES string of the molecule is N#C[C@]1(N)[C@H](c2ccc(Br)cc2)[C@H]1S(=O)(=O)c1ccc(Cl)cc1. The highest BCUT2D eigenvalue weighted by molar-refractivity contribution is 9.10. The molecular weight excluding hydrogens is 400 g/mol. The van der Waals surface area contributed by atoms with Gasteiger partial charge in [0.15, 0.2) is 9.84 Å². The van der Waals surface area contributed by atoms with E-state index in [1.54, 1.807) is 24.3 Å². The Kier molecular flexibility index (Phi) is 4.01. The van der Waals surface area contributed by atoms with Crippen molar-refractivity contribution in [2.45, 2.75) is 21.6 Å². The first-order valence-corrected chi connectivity index (χ1v) is 9.47. The van der Waals surface area contributed by atoms with Crippen molar-refractivity contribution in [3.05, 3.63) is 63.6 Å². The van der Waals surface area contributed by atoms with E-state index in [9.17, 15) is 13.7 Å². The second kappa shape index (κ2) is 5.60. The van der Waals surface area contributed by atoms with E-state index in [1.807, 2.05) is 6.07 Å². The number of hydrogen-bond acceptors (Lipinski definition) is 4. The fraction of sp³-hybridized carbons (Fsp3) is 0.188. The van der Waals surface area contributed by atoms with Crippen LogP contribution in [0.2, 0.25) is 5.02 Å². The molecule has 7 heteroatoms. The Balaban J connectivity index is 2.03. The van der Waals surface area contributed by atoms with E-state index in [0.717, 1.165) is 10.0 Å². The van der Waals surface area contributed by atoms with Gasteiger partial charge in [-0.1, -0.05) is 39.7 Å². The van der Waals surface area contributed by atoms with Crippen molar-refractivity contribution in [3.63, 3.8) is 0 Å². The molecule has 0 radical (unpaired) electrons. The third kappa shape index (κ3) is 2.68. The number of halogens is 2. The van der Waals surface area contributed by atoms with Crippen LogP contribution in [-0.2, 0) is 9.84 Å². The summed E-state index contributed by atoms with van der Waals surface area (Å²) in [5, 5.41) is 8.88. The van der Waals surface area contributed by atoms with Crippen molar-refractivity contribution >= 4 is 37.4 Å². The number of nitriles is 1. The van der Waals surface area contributed by atoms with Crippen LogP contribution in [0.1, 0.15) is 11.5 Å². The summed E-state index contributed by atoms with van der Waals surface area (Å²) < 4.78 is 26.6. The first-order chi connectivity index (χ1) is 10.8. The van der Waals surface area contributed by atoms with Crippen molar-refractivity contribution in [1.29, 1.82) is 5.26 Å². The zero-order valence-electron chi connectivity index (χ0n) is 11.8. The summed E-state index contributed by atoms with van der Waals surface area (Å²) in [5.41, 5.74) is 5.39. The van der Waals surface area contributed by atoms with Crippen molar-refractivity contribution in [3.8, 4) is 6.07 Å².